The van der Waals surface area contributed by atoms with Gasteiger partial charge in [-0.25, -0.2) is 4.39 Å². The number of nitrogens with one attached hydrogen (secondary N) is 1. The SMILES string of the molecule is CNCC(O)C(O)c1ccc(N)c(F)c1. The van der Waals surface area contributed by atoms with Crippen molar-refractivity contribution in [2.24, 2.45) is 0 Å². The fourth-order valence-electron chi connectivity index (χ4n) is 1.27. The molecule has 84 valence electrons. The van der Waals surface area contributed by atoms with E-state index >= 15 is 0 Å². The van der Waals surface area contributed by atoms with Crippen LogP contribution in [0.25, 0.3) is 0 Å². The van der Waals surface area contributed by atoms with Crippen molar-refractivity contribution in [3.05, 3.63) is 29.6 Å². The molecule has 0 fully saturated rings. The lowest BCUT2D eigenvalue weighted by Gasteiger charge is -2.17. The molecule has 0 heterocycles. The first kappa shape index (κ1) is 11.9. The number of aliphatic hydroxyl groups excluding tert-OH is 2. The molecule has 0 aliphatic rings. The molecule has 0 aromatic heterocycles. The number of likely N-dealkylation sites (N-methyl/N-ethyl adjacent to an activating group) is 1. The topological polar surface area (TPSA) is 78.5 Å². The summed E-state index contributed by atoms with van der Waals surface area (Å²) in [5.74, 6) is -0.594. The Morgan fingerprint density at radius 3 is 2.67 bits per heavy atom. The zero-order chi connectivity index (χ0) is 11.4. The van der Waals surface area contributed by atoms with E-state index in [0.29, 0.717) is 5.56 Å². The first-order chi connectivity index (χ1) is 7.06. The summed E-state index contributed by atoms with van der Waals surface area (Å²) in [6, 6.07) is 3.97. The molecule has 1 aromatic carbocycles. The van der Waals surface area contributed by atoms with Crippen molar-refractivity contribution in [1.29, 1.82) is 0 Å². The van der Waals surface area contributed by atoms with Crippen LogP contribution in [0, 0.1) is 5.82 Å². The highest BCUT2D eigenvalue weighted by Crippen LogP contribution is 2.20. The van der Waals surface area contributed by atoms with Crippen LogP contribution in [0.5, 0.6) is 0 Å². The first-order valence-electron chi connectivity index (χ1n) is 4.62. The van der Waals surface area contributed by atoms with Gasteiger partial charge in [-0.3, -0.25) is 0 Å². The third kappa shape index (κ3) is 2.89. The van der Waals surface area contributed by atoms with E-state index in [1.54, 1.807) is 7.05 Å². The Morgan fingerprint density at radius 2 is 2.13 bits per heavy atom. The van der Waals surface area contributed by atoms with Crippen LogP contribution in [0.2, 0.25) is 0 Å². The number of hydrogen-bond acceptors (Lipinski definition) is 4. The molecule has 0 bridgehead atoms. The molecule has 0 saturated heterocycles. The van der Waals surface area contributed by atoms with E-state index in [1.807, 2.05) is 0 Å². The van der Waals surface area contributed by atoms with Crippen molar-refractivity contribution in [2.75, 3.05) is 19.3 Å². The number of hydrogen-bond donors (Lipinski definition) is 4. The van der Waals surface area contributed by atoms with E-state index in [9.17, 15) is 14.6 Å². The Bertz CT molecular complexity index is 333. The third-order valence-corrected chi connectivity index (χ3v) is 2.14. The van der Waals surface area contributed by atoms with Gasteiger partial charge in [0.25, 0.3) is 0 Å². The highest BCUT2D eigenvalue weighted by Gasteiger charge is 2.18. The van der Waals surface area contributed by atoms with Crippen LogP contribution in [-0.2, 0) is 0 Å². The Labute approximate surface area is 87.5 Å². The maximum atomic E-state index is 13.1. The number of anilines is 1. The van der Waals surface area contributed by atoms with Gasteiger partial charge in [-0.05, 0) is 24.7 Å². The summed E-state index contributed by atoms with van der Waals surface area (Å²) in [4.78, 5) is 0. The fourth-order valence-corrected chi connectivity index (χ4v) is 1.27. The molecule has 0 spiro atoms. The minimum atomic E-state index is -1.12. The van der Waals surface area contributed by atoms with Crippen molar-refractivity contribution >= 4 is 5.69 Å². The average molecular weight is 214 g/mol. The molecule has 2 unspecified atom stereocenters. The van der Waals surface area contributed by atoms with E-state index in [1.165, 1.54) is 12.1 Å². The summed E-state index contributed by atoms with van der Waals surface area (Å²) in [7, 11) is 1.65. The van der Waals surface area contributed by atoms with Crippen LogP contribution < -0.4 is 11.1 Å². The van der Waals surface area contributed by atoms with Gasteiger partial charge in [-0.15, -0.1) is 0 Å². The Hall–Kier alpha value is -1.17. The number of nitrogen functional groups attached to an aromatic ring is 1. The van der Waals surface area contributed by atoms with Crippen LogP contribution in [0.1, 0.15) is 11.7 Å². The van der Waals surface area contributed by atoms with Gasteiger partial charge in [-0.1, -0.05) is 6.07 Å². The summed E-state index contributed by atoms with van der Waals surface area (Å²) in [5, 5.41) is 21.8. The molecule has 0 amide bonds. The van der Waals surface area contributed by atoms with Crippen LogP contribution >= 0.6 is 0 Å². The zero-order valence-corrected chi connectivity index (χ0v) is 8.44. The Morgan fingerprint density at radius 1 is 1.47 bits per heavy atom. The smallest absolute Gasteiger partial charge is 0.146 e. The lowest BCUT2D eigenvalue weighted by molar-refractivity contribution is 0.0201. The first-order valence-corrected chi connectivity index (χ1v) is 4.62. The number of benzene rings is 1. The lowest BCUT2D eigenvalue weighted by Crippen LogP contribution is -2.29. The maximum absolute atomic E-state index is 13.1. The minimum absolute atomic E-state index is 0.0223. The zero-order valence-electron chi connectivity index (χ0n) is 8.44. The summed E-state index contributed by atoms with van der Waals surface area (Å²) in [5.41, 5.74) is 5.62. The van der Waals surface area contributed by atoms with Gasteiger partial charge in [0, 0.05) is 6.54 Å². The molecule has 0 aliphatic carbocycles. The third-order valence-electron chi connectivity index (χ3n) is 2.14. The normalized spacial score (nSPS) is 14.9. The van der Waals surface area contributed by atoms with E-state index in [2.05, 4.69) is 5.32 Å². The molecule has 0 radical (unpaired) electrons. The molecule has 1 rings (SSSR count). The number of nitrogens with two attached hydrogens (primary N) is 1. The summed E-state index contributed by atoms with van der Waals surface area (Å²) >= 11 is 0. The molecular weight excluding hydrogens is 199 g/mol. The highest BCUT2D eigenvalue weighted by atomic mass is 19.1. The average Bonchev–Trinajstić information content (AvgIpc) is 2.21. The molecule has 4 nitrogen and oxygen atoms in total. The molecule has 5 heteroatoms. The summed E-state index contributed by atoms with van der Waals surface area (Å²) < 4.78 is 13.1. The van der Waals surface area contributed by atoms with E-state index in [4.69, 9.17) is 5.73 Å². The molecule has 0 saturated carbocycles. The quantitative estimate of drug-likeness (QED) is 0.533. The maximum Gasteiger partial charge on any atom is 0.146 e. The van der Waals surface area contributed by atoms with Crippen molar-refractivity contribution in [3.63, 3.8) is 0 Å². The van der Waals surface area contributed by atoms with Gasteiger partial charge in [-0.2, -0.15) is 0 Å². The van der Waals surface area contributed by atoms with Crippen molar-refractivity contribution < 1.29 is 14.6 Å². The second-order valence-corrected chi connectivity index (χ2v) is 3.35. The van der Waals surface area contributed by atoms with Crippen LogP contribution in [0.3, 0.4) is 0 Å². The van der Waals surface area contributed by atoms with Gasteiger partial charge in [0.15, 0.2) is 0 Å². The molecule has 0 aliphatic heterocycles. The van der Waals surface area contributed by atoms with E-state index in [-0.39, 0.29) is 12.2 Å². The van der Waals surface area contributed by atoms with Crippen LogP contribution in [-0.4, -0.2) is 29.9 Å². The van der Waals surface area contributed by atoms with Gasteiger partial charge >= 0.3 is 0 Å². The van der Waals surface area contributed by atoms with Gasteiger partial charge < -0.3 is 21.3 Å². The van der Waals surface area contributed by atoms with Gasteiger partial charge in [0.2, 0.25) is 0 Å². The Kier molecular flexibility index (Phi) is 4.02. The van der Waals surface area contributed by atoms with E-state index < -0.39 is 18.0 Å². The summed E-state index contributed by atoms with van der Waals surface area (Å²) in [6.45, 7) is 0.229. The van der Waals surface area contributed by atoms with Crippen LogP contribution in [0.4, 0.5) is 10.1 Å². The predicted molar refractivity (Wildman–Crippen MR) is 55.7 cm³/mol. The van der Waals surface area contributed by atoms with Gasteiger partial charge in [0.1, 0.15) is 11.9 Å². The highest BCUT2D eigenvalue weighted by molar-refractivity contribution is 5.41. The number of aliphatic hydroxyl groups is 2. The Balaban J connectivity index is 2.81. The molecule has 1 aromatic rings. The second kappa shape index (κ2) is 5.06. The van der Waals surface area contributed by atoms with Crippen molar-refractivity contribution in [3.8, 4) is 0 Å². The molecule has 15 heavy (non-hydrogen) atoms. The largest absolute Gasteiger partial charge is 0.396 e. The summed E-state index contributed by atoms with van der Waals surface area (Å²) in [6.07, 6.45) is -2.09. The van der Waals surface area contributed by atoms with E-state index in [0.717, 1.165) is 6.07 Å². The fraction of sp³-hybridized carbons (Fsp3) is 0.400. The van der Waals surface area contributed by atoms with Crippen molar-refractivity contribution in [2.45, 2.75) is 12.2 Å². The predicted octanol–water partition coefficient (Wildman–Crippen LogP) is 0.0216. The van der Waals surface area contributed by atoms with Gasteiger partial charge in [0.05, 0.1) is 11.8 Å². The molecule has 5 N–H and O–H groups in total. The minimum Gasteiger partial charge on any atom is -0.396 e. The lowest BCUT2D eigenvalue weighted by atomic mass is 10.0. The monoisotopic (exact) mass is 214 g/mol. The standard InChI is InChI=1S/C10H15FN2O2/c1-13-5-9(14)10(15)6-2-3-8(12)7(11)4-6/h2-4,9-10,13-15H,5,12H2,1H3. The van der Waals surface area contributed by atoms with Crippen LogP contribution in [0.15, 0.2) is 18.2 Å². The van der Waals surface area contributed by atoms with Crippen molar-refractivity contribution in [1.82, 2.24) is 5.32 Å². The number of rotatable bonds is 4. The molecular formula is C10H15FN2O2. The molecule has 2 atom stereocenters. The second-order valence-electron chi connectivity index (χ2n) is 3.35. The number of halogens is 1.